The van der Waals surface area contributed by atoms with Crippen LogP contribution in [0.4, 0.5) is 4.79 Å². The molecule has 0 aliphatic carbocycles. The number of amides is 1. The number of carboxylic acids is 1. The van der Waals surface area contributed by atoms with Crippen molar-refractivity contribution >= 4 is 18.2 Å². The number of carbonyl (C=O) groups excluding carboxylic acids is 1. The number of tetrazole rings is 1. The molecule has 17 heavy (non-hydrogen) atoms. The van der Waals surface area contributed by atoms with E-state index in [9.17, 15) is 14.4 Å². The van der Waals surface area contributed by atoms with Crippen LogP contribution in [0, 0.1) is 0 Å². The van der Waals surface area contributed by atoms with Gasteiger partial charge in [0.25, 0.3) is 0 Å². The van der Waals surface area contributed by atoms with Gasteiger partial charge >= 0.3 is 17.7 Å². The van der Waals surface area contributed by atoms with Crippen LogP contribution in [0.25, 0.3) is 6.20 Å². The molecular weight excluding hydrogens is 230 g/mol. The van der Waals surface area contributed by atoms with E-state index < -0.39 is 17.7 Å². The zero-order valence-corrected chi connectivity index (χ0v) is 9.49. The molecule has 0 aliphatic rings. The number of carboxylic acid groups (broad SMARTS) is 1. The molecule has 0 atom stereocenters. The Morgan fingerprint density at radius 3 is 2.41 bits per heavy atom. The van der Waals surface area contributed by atoms with Crippen molar-refractivity contribution in [1.29, 1.82) is 0 Å². The van der Waals surface area contributed by atoms with Crippen LogP contribution in [0.2, 0.25) is 0 Å². The molecule has 1 heterocycles. The summed E-state index contributed by atoms with van der Waals surface area (Å²) >= 11 is 0. The van der Waals surface area contributed by atoms with E-state index in [-0.39, 0.29) is 5.57 Å². The molecule has 0 aromatic carbocycles. The Morgan fingerprint density at radius 1 is 1.35 bits per heavy atom. The van der Waals surface area contributed by atoms with Gasteiger partial charge in [-0.25, -0.2) is 14.4 Å². The van der Waals surface area contributed by atoms with Gasteiger partial charge in [0.1, 0.15) is 0 Å². The first-order valence-corrected chi connectivity index (χ1v) is 4.52. The summed E-state index contributed by atoms with van der Waals surface area (Å²) in [6, 6.07) is -0.664. The van der Waals surface area contributed by atoms with Gasteiger partial charge in [0.2, 0.25) is 0 Å². The molecule has 9 nitrogen and oxygen atoms in total. The van der Waals surface area contributed by atoms with Crippen molar-refractivity contribution < 1.29 is 14.7 Å². The molecule has 0 aliphatic heterocycles. The van der Waals surface area contributed by atoms with E-state index in [0.29, 0.717) is 9.36 Å². The summed E-state index contributed by atoms with van der Waals surface area (Å²) in [5.41, 5.74) is -0.930. The van der Waals surface area contributed by atoms with E-state index in [0.717, 1.165) is 11.1 Å². The summed E-state index contributed by atoms with van der Waals surface area (Å²) in [7, 11) is 2.90. The first-order chi connectivity index (χ1) is 7.84. The highest BCUT2D eigenvalue weighted by Gasteiger charge is 2.15. The van der Waals surface area contributed by atoms with Gasteiger partial charge < -0.3 is 10.0 Å². The molecular formula is C8H11N5O4. The summed E-state index contributed by atoms with van der Waals surface area (Å²) in [4.78, 5) is 34.7. The van der Waals surface area contributed by atoms with Crippen LogP contribution in [0.1, 0.15) is 6.92 Å². The second-order valence-electron chi connectivity index (χ2n) is 3.41. The smallest absolute Gasteiger partial charge is 0.376 e. The van der Waals surface area contributed by atoms with E-state index in [1.807, 2.05) is 0 Å². The molecule has 92 valence electrons. The van der Waals surface area contributed by atoms with Crippen molar-refractivity contribution in [1.82, 2.24) is 24.7 Å². The van der Waals surface area contributed by atoms with E-state index in [1.165, 1.54) is 21.0 Å². The third-order valence-electron chi connectivity index (χ3n) is 1.82. The van der Waals surface area contributed by atoms with E-state index >= 15 is 0 Å². The summed E-state index contributed by atoms with van der Waals surface area (Å²) in [5, 5.41) is 15.3. The number of carbonyl (C=O) groups is 2. The third kappa shape index (κ3) is 2.56. The van der Waals surface area contributed by atoms with Crippen LogP contribution in [0.15, 0.2) is 10.4 Å². The molecule has 0 bridgehead atoms. The highest BCUT2D eigenvalue weighted by molar-refractivity contribution is 5.89. The maximum atomic E-state index is 11.6. The van der Waals surface area contributed by atoms with Crippen molar-refractivity contribution in [3.8, 4) is 0 Å². The molecule has 0 saturated heterocycles. The molecule has 1 amide bonds. The number of aliphatic carboxylic acids is 1. The van der Waals surface area contributed by atoms with Gasteiger partial charge in [-0.15, -0.1) is 4.68 Å². The molecule has 0 fully saturated rings. The highest BCUT2D eigenvalue weighted by atomic mass is 16.4. The number of hydrogen-bond acceptors (Lipinski definition) is 5. The van der Waals surface area contributed by atoms with Crippen molar-refractivity contribution in [2.45, 2.75) is 6.92 Å². The molecule has 0 saturated carbocycles. The fourth-order valence-electron chi connectivity index (χ4n) is 0.886. The number of rotatable bonds is 2. The van der Waals surface area contributed by atoms with Crippen LogP contribution in [0.5, 0.6) is 0 Å². The maximum absolute atomic E-state index is 11.6. The fourth-order valence-corrected chi connectivity index (χ4v) is 0.886. The number of hydrogen-bond donors (Lipinski definition) is 1. The quantitative estimate of drug-likeness (QED) is 0.520. The lowest BCUT2D eigenvalue weighted by Gasteiger charge is -2.06. The third-order valence-corrected chi connectivity index (χ3v) is 1.82. The Balaban J connectivity index is 3.17. The predicted octanol–water partition coefficient (Wildman–Crippen LogP) is -1.09. The Kier molecular flexibility index (Phi) is 3.41. The van der Waals surface area contributed by atoms with Gasteiger partial charge in [-0.2, -0.15) is 4.68 Å². The Morgan fingerprint density at radius 2 is 1.94 bits per heavy atom. The van der Waals surface area contributed by atoms with Crippen molar-refractivity contribution in [2.75, 3.05) is 14.1 Å². The monoisotopic (exact) mass is 241 g/mol. The Bertz CT molecular complexity index is 538. The number of aromatic nitrogens is 4. The second kappa shape index (κ2) is 4.60. The minimum atomic E-state index is -1.19. The molecule has 1 rings (SSSR count). The SMILES string of the molecule is C/C(=C\n1nnn(C(=O)N(C)C)c1=O)C(=O)O. The van der Waals surface area contributed by atoms with Gasteiger partial charge in [-0.1, -0.05) is 0 Å². The van der Waals surface area contributed by atoms with Crippen molar-refractivity contribution in [2.24, 2.45) is 0 Å². The van der Waals surface area contributed by atoms with Crippen LogP contribution in [-0.2, 0) is 4.79 Å². The average Bonchev–Trinajstić information content (AvgIpc) is 2.59. The second-order valence-corrected chi connectivity index (χ2v) is 3.41. The lowest BCUT2D eigenvalue weighted by Crippen LogP contribution is -2.36. The standard InChI is InChI=1S/C8H11N5O4/c1-5(6(14)15)4-12-8(17)13(10-9-12)7(16)11(2)3/h4H,1-3H3,(H,14,15)/b5-4+. The fraction of sp³-hybridized carbons (Fsp3) is 0.375. The summed E-state index contributed by atoms with van der Waals surface area (Å²) < 4.78 is 1.22. The van der Waals surface area contributed by atoms with E-state index in [2.05, 4.69) is 10.4 Å². The molecule has 1 aromatic heterocycles. The largest absolute Gasteiger partial charge is 0.478 e. The maximum Gasteiger partial charge on any atom is 0.376 e. The van der Waals surface area contributed by atoms with Crippen LogP contribution in [-0.4, -0.2) is 55.9 Å². The zero-order chi connectivity index (χ0) is 13.2. The van der Waals surface area contributed by atoms with E-state index in [4.69, 9.17) is 5.11 Å². The van der Waals surface area contributed by atoms with Gasteiger partial charge in [-0.3, -0.25) is 0 Å². The molecule has 1 N–H and O–H groups in total. The lowest BCUT2D eigenvalue weighted by atomic mass is 10.3. The van der Waals surface area contributed by atoms with Gasteiger partial charge in [0, 0.05) is 20.3 Å². The molecule has 1 aromatic rings. The predicted molar refractivity (Wildman–Crippen MR) is 56.3 cm³/mol. The minimum absolute atomic E-state index is 0.101. The van der Waals surface area contributed by atoms with Crippen LogP contribution in [0.3, 0.4) is 0 Å². The Labute approximate surface area is 95.5 Å². The van der Waals surface area contributed by atoms with Crippen LogP contribution >= 0.6 is 0 Å². The minimum Gasteiger partial charge on any atom is -0.478 e. The van der Waals surface area contributed by atoms with Gasteiger partial charge in [0.15, 0.2) is 0 Å². The van der Waals surface area contributed by atoms with Gasteiger partial charge in [-0.05, 0) is 17.4 Å². The topological polar surface area (TPSA) is 110 Å². The highest BCUT2D eigenvalue weighted by Crippen LogP contribution is 1.93. The van der Waals surface area contributed by atoms with Crippen LogP contribution < -0.4 is 5.69 Å². The molecule has 0 spiro atoms. The summed E-state index contributed by atoms with van der Waals surface area (Å²) in [5.74, 6) is -1.19. The zero-order valence-electron chi connectivity index (χ0n) is 9.49. The molecule has 9 heteroatoms. The van der Waals surface area contributed by atoms with E-state index in [1.54, 1.807) is 0 Å². The average molecular weight is 241 g/mol. The first kappa shape index (κ1) is 12.6. The van der Waals surface area contributed by atoms with Gasteiger partial charge in [0.05, 0.1) is 5.57 Å². The molecule has 0 radical (unpaired) electrons. The van der Waals surface area contributed by atoms with Crippen molar-refractivity contribution in [3.63, 3.8) is 0 Å². The first-order valence-electron chi connectivity index (χ1n) is 4.52. The number of nitrogens with zero attached hydrogens (tertiary/aromatic N) is 5. The lowest BCUT2D eigenvalue weighted by molar-refractivity contribution is -0.132. The summed E-state index contributed by atoms with van der Waals surface area (Å²) in [6.45, 7) is 1.29. The normalized spacial score (nSPS) is 11.4. The summed E-state index contributed by atoms with van der Waals surface area (Å²) in [6.07, 6.45) is 0.983. The molecule has 0 unspecified atom stereocenters. The Hall–Kier alpha value is -2.45. The van der Waals surface area contributed by atoms with Crippen molar-refractivity contribution in [3.05, 3.63) is 16.1 Å².